The molecule has 3 rings (SSSR count). The molecule has 3 heteroatoms. The zero-order valence-corrected chi connectivity index (χ0v) is 11.1. The van der Waals surface area contributed by atoms with Gasteiger partial charge in [0, 0.05) is 12.8 Å². The van der Waals surface area contributed by atoms with Gasteiger partial charge in [0.2, 0.25) is 0 Å². The number of rotatable bonds is 2. The highest BCUT2D eigenvalue weighted by atomic mass is 16.7. The van der Waals surface area contributed by atoms with Gasteiger partial charge in [0.05, 0.1) is 26.7 Å². The lowest BCUT2D eigenvalue weighted by Crippen LogP contribution is -2.52. The van der Waals surface area contributed by atoms with Crippen molar-refractivity contribution in [3.63, 3.8) is 0 Å². The second kappa shape index (κ2) is 4.52. The van der Waals surface area contributed by atoms with Crippen LogP contribution in [0.1, 0.15) is 44.9 Å². The fraction of sp³-hybridized carbons (Fsp3) is 1.00. The van der Waals surface area contributed by atoms with Crippen LogP contribution >= 0.6 is 0 Å². The average Bonchev–Trinajstić information content (AvgIpc) is 2.91. The standard InChI is InChI=1S/C14H26NO2/c1-15(9-5-2-6-10-15)11-13-12-16-14(17-13)7-3-4-8-14/h13H,2-12H2,1H3/q+1/t13-/m1/s1. The van der Waals surface area contributed by atoms with Gasteiger partial charge in [-0.05, 0) is 32.1 Å². The largest absolute Gasteiger partial charge is 0.347 e. The maximum Gasteiger partial charge on any atom is 0.169 e. The van der Waals surface area contributed by atoms with Crippen LogP contribution in [-0.2, 0) is 9.47 Å². The molecule has 0 aromatic carbocycles. The molecule has 3 aliphatic rings. The van der Waals surface area contributed by atoms with E-state index in [-0.39, 0.29) is 5.79 Å². The second-order valence-electron chi connectivity index (χ2n) is 6.48. The van der Waals surface area contributed by atoms with E-state index in [0.717, 1.165) is 26.0 Å². The van der Waals surface area contributed by atoms with Crippen molar-refractivity contribution in [1.29, 1.82) is 0 Å². The summed E-state index contributed by atoms with van der Waals surface area (Å²) in [6, 6.07) is 0. The van der Waals surface area contributed by atoms with Gasteiger partial charge in [-0.2, -0.15) is 0 Å². The Labute approximate surface area is 105 Å². The lowest BCUT2D eigenvalue weighted by Gasteiger charge is -2.39. The third kappa shape index (κ3) is 2.51. The van der Waals surface area contributed by atoms with Crippen molar-refractivity contribution < 1.29 is 14.0 Å². The number of likely N-dealkylation sites (tertiary alicyclic amines) is 1. The van der Waals surface area contributed by atoms with E-state index in [0.29, 0.717) is 6.10 Å². The molecule has 0 aromatic heterocycles. The third-order valence-electron chi connectivity index (χ3n) is 4.82. The van der Waals surface area contributed by atoms with Crippen LogP contribution in [0.4, 0.5) is 0 Å². The molecule has 1 spiro atoms. The lowest BCUT2D eigenvalue weighted by molar-refractivity contribution is -0.916. The van der Waals surface area contributed by atoms with E-state index >= 15 is 0 Å². The van der Waals surface area contributed by atoms with Crippen molar-refractivity contribution in [2.75, 3.05) is 33.3 Å². The molecule has 0 amide bonds. The molecule has 0 radical (unpaired) electrons. The molecule has 0 bridgehead atoms. The molecule has 1 aliphatic carbocycles. The molecular weight excluding hydrogens is 214 g/mol. The normalized spacial score (nSPS) is 35.5. The van der Waals surface area contributed by atoms with E-state index in [4.69, 9.17) is 9.47 Å². The predicted octanol–water partition coefficient (Wildman–Crippen LogP) is 2.30. The summed E-state index contributed by atoms with van der Waals surface area (Å²) in [7, 11) is 2.39. The van der Waals surface area contributed by atoms with Crippen molar-refractivity contribution in [2.24, 2.45) is 0 Å². The van der Waals surface area contributed by atoms with E-state index in [1.54, 1.807) is 0 Å². The number of piperidine rings is 1. The minimum absolute atomic E-state index is 0.167. The zero-order chi connectivity index (χ0) is 11.8. The van der Waals surface area contributed by atoms with Gasteiger partial charge in [0.15, 0.2) is 5.79 Å². The number of nitrogens with zero attached hydrogens (tertiary/aromatic N) is 1. The predicted molar refractivity (Wildman–Crippen MR) is 66.7 cm³/mol. The summed E-state index contributed by atoms with van der Waals surface area (Å²) in [6.07, 6.45) is 9.32. The highest BCUT2D eigenvalue weighted by Crippen LogP contribution is 2.39. The van der Waals surface area contributed by atoms with Crippen molar-refractivity contribution in [3.8, 4) is 0 Å². The number of likely N-dealkylation sites (N-methyl/N-ethyl adjacent to an activating group) is 1. The van der Waals surface area contributed by atoms with Gasteiger partial charge < -0.3 is 14.0 Å². The molecule has 0 unspecified atom stereocenters. The number of hydrogen-bond acceptors (Lipinski definition) is 2. The topological polar surface area (TPSA) is 18.5 Å². The van der Waals surface area contributed by atoms with Crippen LogP contribution in [0.5, 0.6) is 0 Å². The van der Waals surface area contributed by atoms with Crippen LogP contribution in [0, 0.1) is 0 Å². The smallest absolute Gasteiger partial charge is 0.169 e. The molecule has 98 valence electrons. The quantitative estimate of drug-likeness (QED) is 0.690. The number of ether oxygens (including phenoxy) is 2. The SMILES string of the molecule is C[N+]1(C[C@@H]2COC3(CCCC3)O2)CCCCC1. The van der Waals surface area contributed by atoms with Crippen molar-refractivity contribution in [2.45, 2.75) is 56.8 Å². The Morgan fingerprint density at radius 2 is 1.76 bits per heavy atom. The molecule has 3 nitrogen and oxygen atoms in total. The van der Waals surface area contributed by atoms with Crippen molar-refractivity contribution in [3.05, 3.63) is 0 Å². The van der Waals surface area contributed by atoms with E-state index in [9.17, 15) is 0 Å². The maximum atomic E-state index is 6.24. The first kappa shape index (κ1) is 11.9. The summed E-state index contributed by atoms with van der Waals surface area (Å²) < 4.78 is 13.4. The highest BCUT2D eigenvalue weighted by Gasteiger charge is 2.45. The van der Waals surface area contributed by atoms with Crippen LogP contribution in [0.3, 0.4) is 0 Å². The molecule has 2 aliphatic heterocycles. The third-order valence-corrected chi connectivity index (χ3v) is 4.82. The number of quaternary nitrogens is 1. The Kier molecular flexibility index (Phi) is 3.18. The monoisotopic (exact) mass is 240 g/mol. The van der Waals surface area contributed by atoms with Crippen LogP contribution in [-0.4, -0.2) is 49.7 Å². The Morgan fingerprint density at radius 3 is 2.47 bits per heavy atom. The summed E-state index contributed by atoms with van der Waals surface area (Å²) in [4.78, 5) is 0. The summed E-state index contributed by atoms with van der Waals surface area (Å²) in [6.45, 7) is 4.63. The number of hydrogen-bond donors (Lipinski definition) is 0. The fourth-order valence-electron chi connectivity index (χ4n) is 3.83. The first-order valence-corrected chi connectivity index (χ1v) is 7.35. The minimum atomic E-state index is -0.167. The van der Waals surface area contributed by atoms with E-state index in [1.807, 2.05) is 0 Å². The Bertz CT molecular complexity index is 267. The van der Waals surface area contributed by atoms with E-state index in [2.05, 4.69) is 7.05 Å². The van der Waals surface area contributed by atoms with Crippen molar-refractivity contribution in [1.82, 2.24) is 0 Å². The maximum absolute atomic E-state index is 6.24. The van der Waals surface area contributed by atoms with Gasteiger partial charge in [-0.1, -0.05) is 0 Å². The molecule has 0 aromatic rings. The molecule has 17 heavy (non-hydrogen) atoms. The van der Waals surface area contributed by atoms with Crippen LogP contribution in [0.15, 0.2) is 0 Å². The first-order valence-electron chi connectivity index (χ1n) is 7.35. The lowest BCUT2D eigenvalue weighted by atomic mass is 10.1. The van der Waals surface area contributed by atoms with E-state index in [1.165, 1.54) is 49.7 Å². The van der Waals surface area contributed by atoms with Crippen molar-refractivity contribution >= 4 is 0 Å². The summed E-state index contributed by atoms with van der Waals surface area (Å²) in [5, 5.41) is 0. The van der Waals surface area contributed by atoms with Crippen LogP contribution in [0.2, 0.25) is 0 Å². The zero-order valence-electron chi connectivity index (χ0n) is 11.1. The average molecular weight is 240 g/mol. The molecule has 3 fully saturated rings. The molecule has 1 atom stereocenters. The van der Waals surface area contributed by atoms with Gasteiger partial charge in [0.1, 0.15) is 12.6 Å². The first-order chi connectivity index (χ1) is 8.20. The second-order valence-corrected chi connectivity index (χ2v) is 6.48. The summed E-state index contributed by atoms with van der Waals surface area (Å²) in [5.41, 5.74) is 0. The van der Waals surface area contributed by atoms with Gasteiger partial charge in [0.25, 0.3) is 0 Å². The Hall–Kier alpha value is -0.120. The van der Waals surface area contributed by atoms with Crippen LogP contribution in [0.25, 0.3) is 0 Å². The van der Waals surface area contributed by atoms with Crippen LogP contribution < -0.4 is 0 Å². The molecule has 1 saturated carbocycles. The molecule has 0 N–H and O–H groups in total. The molecule has 2 saturated heterocycles. The Morgan fingerprint density at radius 1 is 1.06 bits per heavy atom. The minimum Gasteiger partial charge on any atom is -0.347 e. The molecular formula is C14H26NO2+. The Balaban J connectivity index is 1.56. The molecule has 2 heterocycles. The van der Waals surface area contributed by atoms with E-state index < -0.39 is 0 Å². The van der Waals surface area contributed by atoms with Gasteiger partial charge >= 0.3 is 0 Å². The summed E-state index contributed by atoms with van der Waals surface area (Å²) in [5.74, 6) is -0.167. The van der Waals surface area contributed by atoms with Gasteiger partial charge in [-0.15, -0.1) is 0 Å². The highest BCUT2D eigenvalue weighted by molar-refractivity contribution is 4.84. The fourth-order valence-corrected chi connectivity index (χ4v) is 3.83. The van der Waals surface area contributed by atoms with Gasteiger partial charge in [-0.25, -0.2) is 0 Å². The summed E-state index contributed by atoms with van der Waals surface area (Å²) >= 11 is 0. The van der Waals surface area contributed by atoms with Gasteiger partial charge in [-0.3, -0.25) is 0 Å².